The van der Waals surface area contributed by atoms with Gasteiger partial charge in [0.2, 0.25) is 17.7 Å². The molecule has 1 aliphatic carbocycles. The number of carbonyl (C=O) groups excluding carboxylic acids is 3. The summed E-state index contributed by atoms with van der Waals surface area (Å²) in [5.41, 5.74) is 0.899. The summed E-state index contributed by atoms with van der Waals surface area (Å²) in [5.74, 6) is 3.06. The molecule has 0 bridgehead atoms. The maximum absolute atomic E-state index is 14.0. The van der Waals surface area contributed by atoms with Crippen LogP contribution in [0, 0.1) is 42.4 Å². The SMILES string of the molecule is C#CCCCC(O)[C@H](O)C(CC1CCCCC1)NC(=O)[C@@H](NC(=O)C(CC(=O)N(C)CCN(C)C)Cc1ccccc1)C(C#C)CC. The molecule has 3 amide bonds. The molecule has 1 saturated carbocycles. The van der Waals surface area contributed by atoms with Crippen molar-refractivity contribution in [3.05, 3.63) is 35.9 Å². The third-order valence-corrected chi connectivity index (χ3v) is 9.33. The Hall–Kier alpha value is -3.37. The first kappa shape index (κ1) is 39.8. The largest absolute Gasteiger partial charge is 0.390 e. The Morgan fingerprint density at radius 2 is 1.66 bits per heavy atom. The highest BCUT2D eigenvalue weighted by molar-refractivity contribution is 5.91. The van der Waals surface area contributed by atoms with Crippen molar-refractivity contribution in [2.75, 3.05) is 34.2 Å². The van der Waals surface area contributed by atoms with Gasteiger partial charge < -0.3 is 30.6 Å². The minimum Gasteiger partial charge on any atom is -0.390 e. The van der Waals surface area contributed by atoms with E-state index < -0.39 is 47.9 Å². The number of aliphatic hydroxyl groups is 2. The van der Waals surface area contributed by atoms with E-state index in [1.165, 1.54) is 0 Å². The average Bonchev–Trinajstić information content (AvgIpc) is 3.07. The zero-order valence-corrected chi connectivity index (χ0v) is 29.0. The van der Waals surface area contributed by atoms with Gasteiger partial charge in [0.05, 0.1) is 24.2 Å². The van der Waals surface area contributed by atoms with Crippen molar-refractivity contribution in [1.29, 1.82) is 0 Å². The number of carbonyl (C=O) groups is 3. The van der Waals surface area contributed by atoms with Crippen LogP contribution in [0.15, 0.2) is 30.3 Å². The number of rotatable bonds is 20. The van der Waals surface area contributed by atoms with Gasteiger partial charge in [0.25, 0.3) is 0 Å². The zero-order chi connectivity index (χ0) is 34.8. The van der Waals surface area contributed by atoms with Crippen molar-refractivity contribution < 1.29 is 24.6 Å². The van der Waals surface area contributed by atoms with E-state index in [0.717, 1.165) is 37.7 Å². The summed E-state index contributed by atoms with van der Waals surface area (Å²) < 4.78 is 0. The van der Waals surface area contributed by atoms with Crippen LogP contribution in [0.4, 0.5) is 0 Å². The summed E-state index contributed by atoms with van der Waals surface area (Å²) in [5, 5.41) is 28.0. The molecule has 0 radical (unpaired) electrons. The molecule has 1 aliphatic rings. The Morgan fingerprint density at radius 3 is 2.26 bits per heavy atom. The minimum atomic E-state index is -1.21. The fourth-order valence-electron chi connectivity index (χ4n) is 6.26. The molecule has 4 unspecified atom stereocenters. The number of nitrogens with one attached hydrogen (secondary N) is 2. The Labute approximate surface area is 283 Å². The number of benzene rings is 1. The molecule has 6 atom stereocenters. The highest BCUT2D eigenvalue weighted by Crippen LogP contribution is 2.29. The van der Waals surface area contributed by atoms with Crippen LogP contribution in [0.25, 0.3) is 0 Å². The van der Waals surface area contributed by atoms with Gasteiger partial charge in [0.1, 0.15) is 6.04 Å². The predicted molar refractivity (Wildman–Crippen MR) is 187 cm³/mol. The number of hydrogen-bond donors (Lipinski definition) is 4. The first-order chi connectivity index (χ1) is 22.5. The van der Waals surface area contributed by atoms with E-state index in [0.29, 0.717) is 57.5 Å². The molecule has 1 fully saturated rings. The van der Waals surface area contributed by atoms with Crippen LogP contribution in [0.5, 0.6) is 0 Å². The van der Waals surface area contributed by atoms with Crippen molar-refractivity contribution in [2.45, 2.75) is 108 Å². The van der Waals surface area contributed by atoms with Crippen LogP contribution < -0.4 is 10.6 Å². The van der Waals surface area contributed by atoms with Crippen LogP contribution in [0.2, 0.25) is 0 Å². The standard InChI is InChI=1S/C38H58N4O5/c1-7-10-13-22-33(43)36(45)32(26-29-20-16-12-17-21-29)39-38(47)35(30(8-2)9-3)40-37(46)31(25-28-18-14-11-15-19-28)27-34(44)42(6)24-23-41(4)5/h1-2,11,14-15,18-19,29-33,35-36,43,45H,9-10,12-13,16-17,20-27H2,3-6H3,(H,39,47)(H,40,46)/t30?,31?,32?,33?,35-,36+/m0/s1. The Balaban J connectivity index is 2.31. The molecule has 260 valence electrons. The lowest BCUT2D eigenvalue weighted by molar-refractivity contribution is -0.137. The van der Waals surface area contributed by atoms with Gasteiger partial charge in [-0.15, -0.1) is 24.7 Å². The van der Waals surface area contributed by atoms with Crippen LogP contribution in [0.3, 0.4) is 0 Å². The molecule has 9 heteroatoms. The summed E-state index contributed by atoms with van der Waals surface area (Å²) in [4.78, 5) is 44.8. The number of unbranched alkanes of at least 4 members (excludes halogenated alkanes) is 1. The molecule has 0 aliphatic heterocycles. The summed E-state index contributed by atoms with van der Waals surface area (Å²) in [6.45, 7) is 3.06. The van der Waals surface area contributed by atoms with Gasteiger partial charge in [-0.3, -0.25) is 14.4 Å². The van der Waals surface area contributed by atoms with Crippen molar-refractivity contribution in [1.82, 2.24) is 20.4 Å². The van der Waals surface area contributed by atoms with E-state index in [9.17, 15) is 24.6 Å². The second kappa shape index (κ2) is 21.5. The third-order valence-electron chi connectivity index (χ3n) is 9.33. The molecule has 1 aromatic rings. The molecule has 1 aromatic carbocycles. The normalized spacial score (nSPS) is 17.3. The lowest BCUT2D eigenvalue weighted by atomic mass is 9.82. The number of likely N-dealkylation sites (N-methyl/N-ethyl adjacent to an activating group) is 2. The molecule has 4 N–H and O–H groups in total. The topological polar surface area (TPSA) is 122 Å². The monoisotopic (exact) mass is 650 g/mol. The smallest absolute Gasteiger partial charge is 0.244 e. The number of terminal acetylenes is 2. The van der Waals surface area contributed by atoms with Crippen molar-refractivity contribution in [3.63, 3.8) is 0 Å². The van der Waals surface area contributed by atoms with Crippen molar-refractivity contribution >= 4 is 17.7 Å². The van der Waals surface area contributed by atoms with Crippen LogP contribution in [-0.2, 0) is 20.8 Å². The average molecular weight is 651 g/mol. The van der Waals surface area contributed by atoms with Gasteiger partial charge >= 0.3 is 0 Å². The van der Waals surface area contributed by atoms with Crippen molar-refractivity contribution in [2.24, 2.45) is 17.8 Å². The zero-order valence-electron chi connectivity index (χ0n) is 29.0. The van der Waals surface area contributed by atoms with Crippen LogP contribution in [0.1, 0.15) is 83.1 Å². The van der Waals surface area contributed by atoms with Crippen molar-refractivity contribution in [3.8, 4) is 24.7 Å². The highest BCUT2D eigenvalue weighted by Gasteiger charge is 2.36. The fourth-order valence-corrected chi connectivity index (χ4v) is 6.26. The van der Waals surface area contributed by atoms with E-state index in [2.05, 4.69) is 22.5 Å². The molecule has 0 saturated heterocycles. The van der Waals surface area contributed by atoms with Gasteiger partial charge in [0.15, 0.2) is 0 Å². The minimum absolute atomic E-state index is 0.0291. The summed E-state index contributed by atoms with van der Waals surface area (Å²) in [6.07, 6.45) is 16.9. The molecule has 0 aromatic heterocycles. The molecular formula is C38H58N4O5. The van der Waals surface area contributed by atoms with Gasteiger partial charge in [-0.25, -0.2) is 0 Å². The predicted octanol–water partition coefficient (Wildman–Crippen LogP) is 3.38. The van der Waals surface area contributed by atoms with E-state index in [4.69, 9.17) is 12.8 Å². The maximum atomic E-state index is 14.0. The molecular weight excluding hydrogens is 592 g/mol. The van der Waals surface area contributed by atoms with Crippen LogP contribution >= 0.6 is 0 Å². The number of nitrogens with zero attached hydrogens (tertiary/aromatic N) is 2. The lowest BCUT2D eigenvalue weighted by Crippen LogP contribution is -2.57. The van der Waals surface area contributed by atoms with E-state index in [-0.39, 0.29) is 12.3 Å². The van der Waals surface area contributed by atoms with E-state index in [1.807, 2.05) is 56.3 Å². The molecule has 2 rings (SSSR count). The number of amides is 3. The first-order valence-electron chi connectivity index (χ1n) is 17.3. The van der Waals surface area contributed by atoms with E-state index >= 15 is 0 Å². The Kier molecular flexibility index (Phi) is 18.2. The summed E-state index contributed by atoms with van der Waals surface area (Å²) in [6, 6.07) is 7.67. The van der Waals surface area contributed by atoms with Gasteiger partial charge in [-0.05, 0) is 57.7 Å². The highest BCUT2D eigenvalue weighted by atomic mass is 16.3. The third kappa shape index (κ3) is 14.1. The fraction of sp³-hybridized carbons (Fsp3) is 0.658. The molecule has 9 nitrogen and oxygen atoms in total. The number of aliphatic hydroxyl groups excluding tert-OH is 2. The maximum Gasteiger partial charge on any atom is 0.244 e. The first-order valence-corrected chi connectivity index (χ1v) is 17.3. The molecule has 0 heterocycles. The molecule has 0 spiro atoms. The second-order valence-corrected chi connectivity index (χ2v) is 13.4. The van der Waals surface area contributed by atoms with Gasteiger partial charge in [0, 0.05) is 38.9 Å². The molecule has 47 heavy (non-hydrogen) atoms. The van der Waals surface area contributed by atoms with Gasteiger partial charge in [-0.2, -0.15) is 0 Å². The lowest BCUT2D eigenvalue weighted by Gasteiger charge is -2.34. The Bertz CT molecular complexity index is 1170. The quantitative estimate of drug-likeness (QED) is 0.127. The van der Waals surface area contributed by atoms with Gasteiger partial charge in [-0.1, -0.05) is 69.4 Å². The van der Waals surface area contributed by atoms with E-state index in [1.54, 1.807) is 11.9 Å². The number of hydrogen-bond acceptors (Lipinski definition) is 6. The summed E-state index contributed by atoms with van der Waals surface area (Å²) in [7, 11) is 5.59. The Morgan fingerprint density at radius 1 is 0.979 bits per heavy atom. The summed E-state index contributed by atoms with van der Waals surface area (Å²) >= 11 is 0. The second-order valence-electron chi connectivity index (χ2n) is 13.4. The van der Waals surface area contributed by atoms with Crippen LogP contribution in [-0.4, -0.2) is 96.3 Å².